The van der Waals surface area contributed by atoms with E-state index in [2.05, 4.69) is 30.2 Å². The molecule has 6 heteroatoms. The second kappa shape index (κ2) is 13.1. The average molecular weight is 451 g/mol. The number of hydrogen-bond donors (Lipinski definition) is 1. The zero-order valence-electron chi connectivity index (χ0n) is 20.3. The third-order valence-electron chi connectivity index (χ3n) is 4.86. The Balaban J connectivity index is 1.95. The molecular weight excluding hydrogens is 416 g/mol. The summed E-state index contributed by atoms with van der Waals surface area (Å²) >= 11 is 0. The molecule has 1 unspecified atom stereocenters. The first-order valence-corrected chi connectivity index (χ1v) is 11.0. The van der Waals surface area contributed by atoms with Crippen molar-refractivity contribution in [3.8, 4) is 17.2 Å². The third-order valence-corrected chi connectivity index (χ3v) is 4.86. The number of anilines is 1. The summed E-state index contributed by atoms with van der Waals surface area (Å²) in [6, 6.07) is 12.9. The van der Waals surface area contributed by atoms with Crippen LogP contribution in [-0.4, -0.2) is 38.5 Å². The molecule has 0 radical (unpaired) electrons. The monoisotopic (exact) mass is 450 g/mol. The van der Waals surface area contributed by atoms with Crippen molar-refractivity contribution in [2.45, 2.75) is 40.2 Å². The maximum Gasteiger partial charge on any atom is 0.248 e. The fraction of sp³-hybridized carbons (Fsp3) is 0.333. The van der Waals surface area contributed by atoms with Crippen molar-refractivity contribution in [1.29, 1.82) is 0 Å². The van der Waals surface area contributed by atoms with Gasteiger partial charge in [-0.2, -0.15) is 0 Å². The SMILES string of the molecule is CCC(C)=NC(C)C=C(C)COc1cccc(NC(=O)C=Cc2ccc(OC)c(OC)c2)c1. The molecule has 1 atom stereocenters. The first-order chi connectivity index (χ1) is 15.8. The molecule has 0 aliphatic carbocycles. The number of benzene rings is 2. The Bertz CT molecular complexity index is 1020. The molecule has 2 rings (SSSR count). The van der Waals surface area contributed by atoms with E-state index >= 15 is 0 Å². The van der Waals surface area contributed by atoms with Gasteiger partial charge in [-0.15, -0.1) is 0 Å². The van der Waals surface area contributed by atoms with Crippen molar-refractivity contribution in [1.82, 2.24) is 0 Å². The normalized spacial score (nSPS) is 13.0. The number of amides is 1. The van der Waals surface area contributed by atoms with Gasteiger partial charge >= 0.3 is 0 Å². The van der Waals surface area contributed by atoms with E-state index < -0.39 is 0 Å². The molecule has 0 heterocycles. The minimum atomic E-state index is -0.240. The minimum absolute atomic E-state index is 0.122. The largest absolute Gasteiger partial charge is 0.493 e. The highest BCUT2D eigenvalue weighted by molar-refractivity contribution is 6.02. The molecular formula is C27H34N2O4. The topological polar surface area (TPSA) is 69.2 Å². The van der Waals surface area contributed by atoms with E-state index in [1.54, 1.807) is 32.4 Å². The Labute approximate surface area is 197 Å². The van der Waals surface area contributed by atoms with Crippen LogP contribution in [0.1, 0.15) is 39.7 Å². The molecule has 0 saturated heterocycles. The molecule has 0 aliphatic heterocycles. The van der Waals surface area contributed by atoms with E-state index in [0.717, 1.165) is 23.3 Å². The summed E-state index contributed by atoms with van der Waals surface area (Å²) in [5.74, 6) is 1.69. The second-order valence-corrected chi connectivity index (χ2v) is 7.73. The number of hydrogen-bond acceptors (Lipinski definition) is 5. The summed E-state index contributed by atoms with van der Waals surface area (Å²) in [7, 11) is 3.16. The Morgan fingerprint density at radius 2 is 1.85 bits per heavy atom. The van der Waals surface area contributed by atoms with Gasteiger partial charge in [0.15, 0.2) is 11.5 Å². The molecule has 0 aliphatic rings. The van der Waals surface area contributed by atoms with Crippen molar-refractivity contribution in [3.05, 3.63) is 65.8 Å². The number of carbonyl (C=O) groups is 1. The zero-order chi connectivity index (χ0) is 24.2. The maximum atomic E-state index is 12.4. The van der Waals surface area contributed by atoms with Crippen LogP contribution >= 0.6 is 0 Å². The molecule has 0 spiro atoms. The van der Waals surface area contributed by atoms with E-state index in [-0.39, 0.29) is 11.9 Å². The second-order valence-electron chi connectivity index (χ2n) is 7.73. The van der Waals surface area contributed by atoms with Crippen molar-refractivity contribution < 1.29 is 19.0 Å². The van der Waals surface area contributed by atoms with Crippen LogP contribution in [0.2, 0.25) is 0 Å². The lowest BCUT2D eigenvalue weighted by atomic mass is 10.2. The van der Waals surface area contributed by atoms with E-state index in [1.807, 2.05) is 44.2 Å². The van der Waals surface area contributed by atoms with Crippen LogP contribution in [0, 0.1) is 0 Å². The lowest BCUT2D eigenvalue weighted by Gasteiger charge is -2.10. The molecule has 176 valence electrons. The van der Waals surface area contributed by atoms with Crippen molar-refractivity contribution in [2.24, 2.45) is 4.99 Å². The molecule has 0 aromatic heterocycles. The predicted molar refractivity (Wildman–Crippen MR) is 136 cm³/mol. The lowest BCUT2D eigenvalue weighted by molar-refractivity contribution is -0.111. The van der Waals surface area contributed by atoms with Gasteiger partial charge < -0.3 is 19.5 Å². The van der Waals surface area contributed by atoms with Gasteiger partial charge in [-0.1, -0.05) is 25.1 Å². The van der Waals surface area contributed by atoms with Crippen LogP contribution in [-0.2, 0) is 4.79 Å². The van der Waals surface area contributed by atoms with E-state index in [4.69, 9.17) is 14.2 Å². The van der Waals surface area contributed by atoms with Gasteiger partial charge in [0, 0.05) is 23.5 Å². The summed E-state index contributed by atoms with van der Waals surface area (Å²) in [6.07, 6.45) is 6.25. The first-order valence-electron chi connectivity index (χ1n) is 11.0. The van der Waals surface area contributed by atoms with Gasteiger partial charge in [-0.3, -0.25) is 9.79 Å². The zero-order valence-corrected chi connectivity index (χ0v) is 20.3. The van der Waals surface area contributed by atoms with Gasteiger partial charge in [0.2, 0.25) is 5.91 Å². The highest BCUT2D eigenvalue weighted by Crippen LogP contribution is 2.28. The Hall–Kier alpha value is -3.54. The average Bonchev–Trinajstić information content (AvgIpc) is 2.81. The molecule has 2 aromatic carbocycles. The van der Waals surface area contributed by atoms with Crippen LogP contribution in [0.5, 0.6) is 17.2 Å². The molecule has 6 nitrogen and oxygen atoms in total. The van der Waals surface area contributed by atoms with E-state index in [0.29, 0.717) is 29.5 Å². The van der Waals surface area contributed by atoms with Crippen molar-refractivity contribution in [2.75, 3.05) is 26.1 Å². The van der Waals surface area contributed by atoms with Crippen molar-refractivity contribution >= 4 is 23.4 Å². The summed E-state index contributed by atoms with van der Waals surface area (Å²) in [6.45, 7) is 8.69. The van der Waals surface area contributed by atoms with Crippen LogP contribution in [0.15, 0.2) is 65.2 Å². The number of ether oxygens (including phenoxy) is 3. The standard InChI is InChI=1S/C27H34N2O4/c1-7-20(3)28-21(4)15-19(2)18-33-24-10-8-9-23(17-24)29-27(30)14-12-22-11-13-25(31-5)26(16-22)32-6/h8-17,21H,7,18H2,1-6H3,(H,29,30). The van der Waals surface area contributed by atoms with Gasteiger partial charge in [0.05, 0.1) is 20.3 Å². The molecule has 1 N–H and O–H groups in total. The molecule has 1 amide bonds. The molecule has 33 heavy (non-hydrogen) atoms. The maximum absolute atomic E-state index is 12.4. The van der Waals surface area contributed by atoms with E-state index in [9.17, 15) is 4.79 Å². The van der Waals surface area contributed by atoms with Crippen LogP contribution in [0.25, 0.3) is 6.08 Å². The number of nitrogens with zero attached hydrogens (tertiary/aromatic N) is 1. The van der Waals surface area contributed by atoms with Gasteiger partial charge in [-0.25, -0.2) is 0 Å². The fourth-order valence-electron chi connectivity index (χ4n) is 3.11. The summed E-state index contributed by atoms with van der Waals surface area (Å²) in [4.78, 5) is 17.0. The number of methoxy groups -OCH3 is 2. The summed E-state index contributed by atoms with van der Waals surface area (Å²) in [5, 5.41) is 2.86. The number of aliphatic imine (C=N–C) groups is 1. The fourth-order valence-corrected chi connectivity index (χ4v) is 3.11. The molecule has 0 saturated carbocycles. The van der Waals surface area contributed by atoms with Crippen LogP contribution < -0.4 is 19.5 Å². The number of nitrogens with one attached hydrogen (secondary N) is 1. The van der Waals surface area contributed by atoms with Gasteiger partial charge in [0.1, 0.15) is 12.4 Å². The predicted octanol–water partition coefficient (Wildman–Crippen LogP) is 5.94. The van der Waals surface area contributed by atoms with Crippen LogP contribution in [0.4, 0.5) is 5.69 Å². The van der Waals surface area contributed by atoms with Crippen LogP contribution in [0.3, 0.4) is 0 Å². The first kappa shape index (κ1) is 25.7. The van der Waals surface area contributed by atoms with Gasteiger partial charge in [0.25, 0.3) is 0 Å². The third kappa shape index (κ3) is 8.85. The summed E-state index contributed by atoms with van der Waals surface area (Å²) < 4.78 is 16.4. The summed E-state index contributed by atoms with van der Waals surface area (Å²) in [5.41, 5.74) is 3.72. The molecule has 0 bridgehead atoms. The Morgan fingerprint density at radius 1 is 1.09 bits per heavy atom. The Kier molecular flexibility index (Phi) is 10.2. The quantitative estimate of drug-likeness (QED) is 0.261. The lowest BCUT2D eigenvalue weighted by Crippen LogP contribution is -2.08. The van der Waals surface area contributed by atoms with Gasteiger partial charge in [-0.05, 0) is 68.7 Å². The smallest absolute Gasteiger partial charge is 0.248 e. The number of carbonyl (C=O) groups excluding carboxylic acids is 1. The highest BCUT2D eigenvalue weighted by atomic mass is 16.5. The molecule has 2 aromatic rings. The van der Waals surface area contributed by atoms with Crippen molar-refractivity contribution in [3.63, 3.8) is 0 Å². The molecule has 0 fully saturated rings. The Morgan fingerprint density at radius 3 is 2.55 bits per heavy atom. The number of rotatable bonds is 11. The van der Waals surface area contributed by atoms with E-state index in [1.165, 1.54) is 6.08 Å². The highest BCUT2D eigenvalue weighted by Gasteiger charge is 2.05. The minimum Gasteiger partial charge on any atom is -0.493 e.